The number of hydrogen-bond acceptors (Lipinski definition) is 4. The standard InChI is InChI=1S/C21H24N4OS/c1-15-19(27-20(25-15)17-7-5-4-6-8-17)14-24-21(22-2)23-13-16-9-11-18(26-3)12-10-16/h4-12H,13-14H2,1-3H3,(H2,22,23,24). The predicted molar refractivity (Wildman–Crippen MR) is 112 cm³/mol. The first-order chi connectivity index (χ1) is 13.2. The summed E-state index contributed by atoms with van der Waals surface area (Å²) in [6.07, 6.45) is 0. The Labute approximate surface area is 164 Å². The van der Waals surface area contributed by atoms with Gasteiger partial charge in [0.15, 0.2) is 5.96 Å². The monoisotopic (exact) mass is 380 g/mol. The quantitative estimate of drug-likeness (QED) is 0.501. The van der Waals surface area contributed by atoms with Gasteiger partial charge in [-0.25, -0.2) is 4.98 Å². The van der Waals surface area contributed by atoms with E-state index in [0.717, 1.165) is 28.0 Å². The second kappa shape index (κ2) is 9.19. The Morgan fingerprint density at radius 2 is 1.74 bits per heavy atom. The van der Waals surface area contributed by atoms with Gasteiger partial charge in [-0.3, -0.25) is 4.99 Å². The lowest BCUT2D eigenvalue weighted by Crippen LogP contribution is -2.36. The molecule has 2 N–H and O–H groups in total. The minimum absolute atomic E-state index is 0.693. The second-order valence-electron chi connectivity index (χ2n) is 6.02. The molecule has 0 aliphatic heterocycles. The summed E-state index contributed by atoms with van der Waals surface area (Å²) in [5, 5.41) is 7.75. The van der Waals surface area contributed by atoms with Crippen molar-refractivity contribution in [3.8, 4) is 16.3 Å². The van der Waals surface area contributed by atoms with Crippen molar-refractivity contribution in [1.29, 1.82) is 0 Å². The minimum Gasteiger partial charge on any atom is -0.497 e. The fourth-order valence-electron chi connectivity index (χ4n) is 2.61. The summed E-state index contributed by atoms with van der Waals surface area (Å²) in [6, 6.07) is 18.3. The number of nitrogens with zero attached hydrogens (tertiary/aromatic N) is 2. The maximum atomic E-state index is 5.19. The highest BCUT2D eigenvalue weighted by Crippen LogP contribution is 2.27. The third kappa shape index (κ3) is 5.08. The SMILES string of the molecule is CN=C(NCc1ccc(OC)cc1)NCc1sc(-c2ccccc2)nc1C. The maximum absolute atomic E-state index is 5.19. The van der Waals surface area contributed by atoms with Crippen LogP contribution in [-0.4, -0.2) is 25.1 Å². The van der Waals surface area contributed by atoms with E-state index in [-0.39, 0.29) is 0 Å². The maximum Gasteiger partial charge on any atom is 0.191 e. The number of rotatable bonds is 6. The van der Waals surface area contributed by atoms with Gasteiger partial charge >= 0.3 is 0 Å². The van der Waals surface area contributed by atoms with E-state index >= 15 is 0 Å². The highest BCUT2D eigenvalue weighted by Gasteiger charge is 2.10. The number of hydrogen-bond donors (Lipinski definition) is 2. The molecule has 0 fully saturated rings. The molecule has 140 valence electrons. The van der Waals surface area contributed by atoms with Crippen molar-refractivity contribution in [2.24, 2.45) is 4.99 Å². The van der Waals surface area contributed by atoms with Crippen LogP contribution in [0.25, 0.3) is 10.6 Å². The fraction of sp³-hybridized carbons (Fsp3) is 0.238. The third-order valence-electron chi connectivity index (χ3n) is 4.17. The Balaban J connectivity index is 1.57. The van der Waals surface area contributed by atoms with Gasteiger partial charge in [-0.1, -0.05) is 42.5 Å². The number of guanidine groups is 1. The van der Waals surface area contributed by atoms with Crippen molar-refractivity contribution >= 4 is 17.3 Å². The smallest absolute Gasteiger partial charge is 0.191 e. The first-order valence-electron chi connectivity index (χ1n) is 8.78. The molecule has 0 saturated carbocycles. The van der Waals surface area contributed by atoms with Crippen molar-refractivity contribution in [3.05, 3.63) is 70.7 Å². The van der Waals surface area contributed by atoms with E-state index in [2.05, 4.69) is 27.8 Å². The molecule has 5 nitrogen and oxygen atoms in total. The molecule has 6 heteroatoms. The van der Waals surface area contributed by atoms with Crippen molar-refractivity contribution in [2.75, 3.05) is 14.2 Å². The van der Waals surface area contributed by atoms with Gasteiger partial charge in [0.2, 0.25) is 0 Å². The van der Waals surface area contributed by atoms with Gasteiger partial charge in [0, 0.05) is 24.0 Å². The van der Waals surface area contributed by atoms with Crippen LogP contribution in [-0.2, 0) is 13.1 Å². The van der Waals surface area contributed by atoms with Crippen molar-refractivity contribution in [1.82, 2.24) is 15.6 Å². The zero-order valence-corrected chi connectivity index (χ0v) is 16.6. The predicted octanol–water partition coefficient (Wildman–Crippen LogP) is 3.99. The van der Waals surface area contributed by atoms with Crippen LogP contribution in [0, 0.1) is 6.92 Å². The molecule has 3 aromatic rings. The minimum atomic E-state index is 0.693. The Hall–Kier alpha value is -2.86. The molecule has 0 aliphatic rings. The normalized spacial score (nSPS) is 11.3. The molecule has 1 aromatic heterocycles. The van der Waals surface area contributed by atoms with E-state index < -0.39 is 0 Å². The lowest BCUT2D eigenvalue weighted by atomic mass is 10.2. The van der Waals surface area contributed by atoms with Crippen LogP contribution in [0.1, 0.15) is 16.1 Å². The molecule has 27 heavy (non-hydrogen) atoms. The van der Waals surface area contributed by atoms with Gasteiger partial charge in [0.25, 0.3) is 0 Å². The summed E-state index contributed by atoms with van der Waals surface area (Å²) in [5.74, 6) is 1.62. The lowest BCUT2D eigenvalue weighted by molar-refractivity contribution is 0.414. The van der Waals surface area contributed by atoms with Crippen molar-refractivity contribution < 1.29 is 4.74 Å². The van der Waals surface area contributed by atoms with Crippen LogP contribution in [0.4, 0.5) is 0 Å². The molecule has 3 rings (SSSR count). The number of thiazole rings is 1. The number of methoxy groups -OCH3 is 1. The molecule has 0 saturated heterocycles. The summed E-state index contributed by atoms with van der Waals surface area (Å²) < 4.78 is 5.19. The number of nitrogens with one attached hydrogen (secondary N) is 2. The van der Waals surface area contributed by atoms with E-state index in [1.54, 1.807) is 25.5 Å². The van der Waals surface area contributed by atoms with E-state index in [0.29, 0.717) is 13.1 Å². The second-order valence-corrected chi connectivity index (χ2v) is 7.10. The molecule has 0 unspecified atom stereocenters. The van der Waals surface area contributed by atoms with Gasteiger partial charge in [0.1, 0.15) is 10.8 Å². The Morgan fingerprint density at radius 3 is 2.41 bits per heavy atom. The van der Waals surface area contributed by atoms with Crippen LogP contribution in [0.15, 0.2) is 59.6 Å². The van der Waals surface area contributed by atoms with E-state index in [4.69, 9.17) is 9.72 Å². The van der Waals surface area contributed by atoms with E-state index in [9.17, 15) is 0 Å². The molecule has 0 radical (unpaired) electrons. The zero-order valence-electron chi connectivity index (χ0n) is 15.8. The molecule has 2 aromatic carbocycles. The van der Waals surface area contributed by atoms with Crippen LogP contribution in [0.2, 0.25) is 0 Å². The average Bonchev–Trinajstić information content (AvgIpc) is 3.10. The largest absolute Gasteiger partial charge is 0.497 e. The van der Waals surface area contributed by atoms with Crippen LogP contribution < -0.4 is 15.4 Å². The molecular weight excluding hydrogens is 356 g/mol. The Morgan fingerprint density at radius 1 is 1.04 bits per heavy atom. The molecule has 1 heterocycles. The summed E-state index contributed by atoms with van der Waals surface area (Å²) in [4.78, 5) is 10.2. The fourth-order valence-corrected chi connectivity index (χ4v) is 3.62. The zero-order chi connectivity index (χ0) is 19.1. The number of benzene rings is 2. The van der Waals surface area contributed by atoms with Gasteiger partial charge in [-0.15, -0.1) is 11.3 Å². The van der Waals surface area contributed by atoms with E-state index in [1.807, 2.05) is 49.4 Å². The summed E-state index contributed by atoms with van der Waals surface area (Å²) in [5.41, 5.74) is 3.37. The molecule has 0 spiro atoms. The summed E-state index contributed by atoms with van der Waals surface area (Å²) in [7, 11) is 3.45. The highest BCUT2D eigenvalue weighted by atomic mass is 32.1. The Bertz CT molecular complexity index is 888. The molecule has 0 amide bonds. The third-order valence-corrected chi connectivity index (χ3v) is 5.38. The number of ether oxygens (including phenoxy) is 1. The van der Waals surface area contributed by atoms with Crippen molar-refractivity contribution in [3.63, 3.8) is 0 Å². The van der Waals surface area contributed by atoms with Crippen LogP contribution >= 0.6 is 11.3 Å². The summed E-state index contributed by atoms with van der Waals surface area (Å²) >= 11 is 1.71. The number of aryl methyl sites for hydroxylation is 1. The number of aliphatic imine (C=N–C) groups is 1. The van der Waals surface area contributed by atoms with E-state index in [1.165, 1.54) is 10.4 Å². The highest BCUT2D eigenvalue weighted by molar-refractivity contribution is 7.15. The molecule has 0 atom stereocenters. The van der Waals surface area contributed by atoms with Gasteiger partial charge in [-0.05, 0) is 24.6 Å². The number of aromatic nitrogens is 1. The summed E-state index contributed by atoms with van der Waals surface area (Å²) in [6.45, 7) is 3.44. The Kier molecular flexibility index (Phi) is 6.44. The average molecular weight is 381 g/mol. The molecule has 0 aliphatic carbocycles. The topological polar surface area (TPSA) is 58.5 Å². The molecule has 0 bridgehead atoms. The van der Waals surface area contributed by atoms with Crippen molar-refractivity contribution in [2.45, 2.75) is 20.0 Å². The van der Waals surface area contributed by atoms with Gasteiger partial charge < -0.3 is 15.4 Å². The first kappa shape index (κ1) is 18.9. The first-order valence-corrected chi connectivity index (χ1v) is 9.60. The lowest BCUT2D eigenvalue weighted by Gasteiger charge is -2.11. The molecular formula is C21H24N4OS. The van der Waals surface area contributed by atoms with Crippen LogP contribution in [0.5, 0.6) is 5.75 Å². The van der Waals surface area contributed by atoms with Gasteiger partial charge in [0.05, 0.1) is 19.3 Å². The van der Waals surface area contributed by atoms with Gasteiger partial charge in [-0.2, -0.15) is 0 Å². The van der Waals surface area contributed by atoms with Crippen LogP contribution in [0.3, 0.4) is 0 Å².